The first-order valence-electron chi connectivity index (χ1n) is 10.1. The van der Waals surface area contributed by atoms with E-state index < -0.39 is 11.9 Å². The van der Waals surface area contributed by atoms with Crippen LogP contribution < -0.4 is 5.73 Å². The van der Waals surface area contributed by atoms with Crippen LogP contribution in [0.3, 0.4) is 0 Å². The summed E-state index contributed by atoms with van der Waals surface area (Å²) in [5.41, 5.74) is 10.7. The molecule has 1 aliphatic heterocycles. The zero-order chi connectivity index (χ0) is 22.7. The lowest BCUT2D eigenvalue weighted by Crippen LogP contribution is -2.29. The quantitative estimate of drug-likeness (QED) is 0.494. The SMILES string of the molecule is CN=C(C1=C(C)OC(N)=C(C(=O)OC)C1c1ccc(-n2ccnc2)cc1)c1ccccc1. The molecule has 0 amide bonds. The van der Waals surface area contributed by atoms with Gasteiger partial charge in [0.1, 0.15) is 11.3 Å². The number of ether oxygens (including phenoxy) is 2. The molecule has 2 aromatic carbocycles. The Bertz CT molecular complexity index is 1210. The highest BCUT2D eigenvalue weighted by atomic mass is 16.5. The Morgan fingerprint density at radius 1 is 1.12 bits per heavy atom. The molecule has 2 N–H and O–H groups in total. The van der Waals surface area contributed by atoms with Crippen LogP contribution in [0.25, 0.3) is 5.69 Å². The lowest BCUT2D eigenvalue weighted by molar-refractivity contribution is -0.136. The van der Waals surface area contributed by atoms with E-state index in [1.807, 2.05) is 72.3 Å². The number of esters is 1. The highest BCUT2D eigenvalue weighted by Gasteiger charge is 2.38. The van der Waals surface area contributed by atoms with Crippen LogP contribution >= 0.6 is 0 Å². The summed E-state index contributed by atoms with van der Waals surface area (Å²) >= 11 is 0. The zero-order valence-corrected chi connectivity index (χ0v) is 18.1. The molecule has 32 heavy (non-hydrogen) atoms. The van der Waals surface area contributed by atoms with Crippen LogP contribution in [-0.4, -0.2) is 35.4 Å². The molecule has 0 saturated heterocycles. The van der Waals surface area contributed by atoms with Gasteiger partial charge in [-0.2, -0.15) is 0 Å². The number of aromatic nitrogens is 2. The molecular formula is C25H24N4O3. The van der Waals surface area contributed by atoms with Crippen molar-refractivity contribution in [2.45, 2.75) is 12.8 Å². The highest BCUT2D eigenvalue weighted by molar-refractivity contribution is 6.15. The number of nitrogens with zero attached hydrogens (tertiary/aromatic N) is 3. The van der Waals surface area contributed by atoms with E-state index in [2.05, 4.69) is 9.98 Å². The molecule has 7 nitrogen and oxygen atoms in total. The average Bonchev–Trinajstić information content (AvgIpc) is 3.36. The summed E-state index contributed by atoms with van der Waals surface area (Å²) in [5, 5.41) is 0. The number of methoxy groups -OCH3 is 1. The Hall–Kier alpha value is -4.13. The van der Waals surface area contributed by atoms with E-state index in [0.29, 0.717) is 5.76 Å². The molecular weight excluding hydrogens is 404 g/mol. The van der Waals surface area contributed by atoms with Crippen LogP contribution in [0.4, 0.5) is 0 Å². The van der Waals surface area contributed by atoms with Crippen molar-refractivity contribution < 1.29 is 14.3 Å². The molecule has 1 aromatic heterocycles. The van der Waals surface area contributed by atoms with Crippen LogP contribution in [0.2, 0.25) is 0 Å². The van der Waals surface area contributed by atoms with Crippen molar-refractivity contribution in [1.82, 2.24) is 9.55 Å². The summed E-state index contributed by atoms with van der Waals surface area (Å²) in [6.45, 7) is 1.83. The van der Waals surface area contributed by atoms with Crippen molar-refractivity contribution in [3.63, 3.8) is 0 Å². The predicted octanol–water partition coefficient (Wildman–Crippen LogP) is 3.72. The molecule has 1 aliphatic rings. The normalized spacial score (nSPS) is 16.7. The van der Waals surface area contributed by atoms with Crippen LogP contribution in [0.1, 0.15) is 24.0 Å². The van der Waals surface area contributed by atoms with Gasteiger partial charge in [-0.05, 0) is 24.6 Å². The maximum Gasteiger partial charge on any atom is 0.340 e. The number of benzene rings is 2. The van der Waals surface area contributed by atoms with Gasteiger partial charge in [-0.1, -0.05) is 42.5 Å². The van der Waals surface area contributed by atoms with Gasteiger partial charge in [0, 0.05) is 36.3 Å². The third-order valence-corrected chi connectivity index (χ3v) is 5.45. The summed E-state index contributed by atoms with van der Waals surface area (Å²) in [6.07, 6.45) is 5.32. The van der Waals surface area contributed by atoms with Gasteiger partial charge in [0.15, 0.2) is 0 Å². The molecule has 0 saturated carbocycles. The Balaban J connectivity index is 1.88. The fraction of sp³-hybridized carbons (Fsp3) is 0.160. The summed E-state index contributed by atoms with van der Waals surface area (Å²) in [7, 11) is 3.06. The van der Waals surface area contributed by atoms with Crippen molar-refractivity contribution in [2.24, 2.45) is 10.7 Å². The number of carbonyl (C=O) groups is 1. The standard InChI is InChI=1S/C25H24N4O3/c1-16-20(23(27-2)18-7-5-4-6-8-18)21(22(24(26)32-16)25(30)31-3)17-9-11-19(12-10-17)29-14-13-28-15-29/h4-15,21H,26H2,1-3H3. The Kier molecular flexibility index (Phi) is 5.89. The third kappa shape index (κ3) is 3.80. The third-order valence-electron chi connectivity index (χ3n) is 5.45. The summed E-state index contributed by atoms with van der Waals surface area (Å²) in [6, 6.07) is 17.6. The molecule has 162 valence electrons. The average molecular weight is 428 g/mol. The molecule has 0 radical (unpaired) electrons. The molecule has 1 unspecified atom stereocenters. The van der Waals surface area contributed by atoms with E-state index in [4.69, 9.17) is 15.2 Å². The molecule has 0 spiro atoms. The largest absolute Gasteiger partial charge is 0.465 e. The van der Waals surface area contributed by atoms with Crippen molar-refractivity contribution in [1.29, 1.82) is 0 Å². The molecule has 1 atom stereocenters. The first kappa shape index (κ1) is 21.1. The van der Waals surface area contributed by atoms with E-state index in [9.17, 15) is 4.79 Å². The molecule has 4 rings (SSSR count). The van der Waals surface area contributed by atoms with E-state index in [1.165, 1.54) is 7.11 Å². The van der Waals surface area contributed by atoms with Gasteiger partial charge in [0.2, 0.25) is 5.88 Å². The number of aliphatic imine (C=N–C) groups is 1. The number of hydrogen-bond acceptors (Lipinski definition) is 6. The second-order valence-electron chi connectivity index (χ2n) is 7.27. The predicted molar refractivity (Wildman–Crippen MR) is 122 cm³/mol. The van der Waals surface area contributed by atoms with Crippen molar-refractivity contribution in [2.75, 3.05) is 14.2 Å². The van der Waals surface area contributed by atoms with E-state index in [0.717, 1.165) is 28.1 Å². The van der Waals surface area contributed by atoms with Gasteiger partial charge < -0.3 is 19.8 Å². The second kappa shape index (κ2) is 8.93. The number of allylic oxidation sites excluding steroid dienone is 2. The molecule has 2 heterocycles. The van der Waals surface area contributed by atoms with Gasteiger partial charge >= 0.3 is 5.97 Å². The van der Waals surface area contributed by atoms with Gasteiger partial charge in [-0.15, -0.1) is 0 Å². The minimum absolute atomic E-state index is 0.0327. The summed E-state index contributed by atoms with van der Waals surface area (Å²) < 4.78 is 12.8. The van der Waals surface area contributed by atoms with Gasteiger partial charge in [-0.25, -0.2) is 9.78 Å². The number of imidazole rings is 1. The number of rotatable bonds is 5. The van der Waals surface area contributed by atoms with Gasteiger partial charge in [0.25, 0.3) is 0 Å². The highest BCUT2D eigenvalue weighted by Crippen LogP contribution is 2.41. The van der Waals surface area contributed by atoms with E-state index >= 15 is 0 Å². The lowest BCUT2D eigenvalue weighted by Gasteiger charge is -2.30. The summed E-state index contributed by atoms with van der Waals surface area (Å²) in [4.78, 5) is 21.5. The number of hydrogen-bond donors (Lipinski definition) is 1. The Morgan fingerprint density at radius 3 is 2.44 bits per heavy atom. The molecule has 7 heteroatoms. The van der Waals surface area contributed by atoms with E-state index in [-0.39, 0.29) is 11.5 Å². The van der Waals surface area contributed by atoms with Gasteiger partial charge in [0.05, 0.1) is 25.1 Å². The topological polar surface area (TPSA) is 91.7 Å². The fourth-order valence-electron chi connectivity index (χ4n) is 3.98. The fourth-order valence-corrected chi connectivity index (χ4v) is 3.98. The molecule has 0 aliphatic carbocycles. The molecule has 0 fully saturated rings. The zero-order valence-electron chi connectivity index (χ0n) is 18.1. The Labute approximate surface area is 186 Å². The second-order valence-corrected chi connectivity index (χ2v) is 7.27. The van der Waals surface area contributed by atoms with E-state index in [1.54, 1.807) is 19.6 Å². The van der Waals surface area contributed by atoms with Crippen LogP contribution in [0, 0.1) is 0 Å². The smallest absolute Gasteiger partial charge is 0.340 e. The lowest BCUT2D eigenvalue weighted by atomic mass is 9.79. The first-order valence-corrected chi connectivity index (χ1v) is 10.1. The number of nitrogens with two attached hydrogens (primary N) is 1. The summed E-state index contributed by atoms with van der Waals surface area (Å²) in [5.74, 6) is -0.430. The van der Waals surface area contributed by atoms with Crippen LogP contribution in [0.15, 0.2) is 101 Å². The maximum absolute atomic E-state index is 12.8. The van der Waals surface area contributed by atoms with Gasteiger partial charge in [-0.3, -0.25) is 4.99 Å². The maximum atomic E-state index is 12.8. The van der Waals surface area contributed by atoms with Crippen molar-refractivity contribution >= 4 is 11.7 Å². The monoisotopic (exact) mass is 428 g/mol. The number of carbonyl (C=O) groups excluding carboxylic acids is 1. The Morgan fingerprint density at radius 2 is 1.84 bits per heavy atom. The molecule has 0 bridgehead atoms. The minimum Gasteiger partial charge on any atom is -0.465 e. The first-order chi connectivity index (χ1) is 15.5. The van der Waals surface area contributed by atoms with Crippen LogP contribution in [0.5, 0.6) is 0 Å². The van der Waals surface area contributed by atoms with Crippen LogP contribution in [-0.2, 0) is 14.3 Å². The van der Waals surface area contributed by atoms with Crippen molar-refractivity contribution in [3.8, 4) is 5.69 Å². The minimum atomic E-state index is -0.542. The van der Waals surface area contributed by atoms with Crippen molar-refractivity contribution in [3.05, 3.63) is 107 Å². The molecule has 3 aromatic rings.